The summed E-state index contributed by atoms with van der Waals surface area (Å²) in [6, 6.07) is 3.46. The number of nitrogens with zero attached hydrogens (tertiary/aromatic N) is 1. The molecule has 0 radical (unpaired) electrons. The third kappa shape index (κ3) is 6.35. The maximum Gasteiger partial charge on any atom is 0.239 e. The highest BCUT2D eigenvalue weighted by Gasteiger charge is 2.28. The van der Waals surface area contributed by atoms with Gasteiger partial charge in [-0.1, -0.05) is 6.07 Å². The lowest BCUT2D eigenvalue weighted by Gasteiger charge is -2.11. The summed E-state index contributed by atoms with van der Waals surface area (Å²) in [6.07, 6.45) is 5.67. The molecule has 2 heterocycles. The molecule has 0 aromatic carbocycles. The van der Waals surface area contributed by atoms with Crippen LogP contribution in [0.3, 0.4) is 0 Å². The minimum atomic E-state index is -3.02. The molecule has 1 unspecified atom stereocenters. The normalized spacial score (nSPS) is 19.2. The van der Waals surface area contributed by atoms with Crippen LogP contribution in [0.2, 0.25) is 0 Å². The average molecular weight is 339 g/mol. The Morgan fingerprint density at radius 3 is 2.78 bits per heavy atom. The van der Waals surface area contributed by atoms with E-state index in [9.17, 15) is 18.0 Å². The Balaban J connectivity index is 1.59. The number of amides is 2. The number of hydrogen-bond acceptors (Lipinski definition) is 5. The van der Waals surface area contributed by atoms with Crippen LogP contribution in [0.5, 0.6) is 0 Å². The van der Waals surface area contributed by atoms with Gasteiger partial charge >= 0.3 is 0 Å². The van der Waals surface area contributed by atoms with Crippen molar-refractivity contribution in [2.24, 2.45) is 0 Å². The van der Waals surface area contributed by atoms with Gasteiger partial charge in [-0.15, -0.1) is 0 Å². The van der Waals surface area contributed by atoms with Crippen LogP contribution in [-0.2, 0) is 25.8 Å². The van der Waals surface area contributed by atoms with E-state index in [0.29, 0.717) is 19.3 Å². The van der Waals surface area contributed by atoms with Crippen LogP contribution in [-0.4, -0.2) is 49.3 Å². The zero-order chi connectivity index (χ0) is 16.7. The van der Waals surface area contributed by atoms with Crippen LogP contribution in [0.25, 0.3) is 0 Å². The van der Waals surface area contributed by atoms with Gasteiger partial charge in [-0.25, -0.2) is 8.42 Å². The van der Waals surface area contributed by atoms with Crippen molar-refractivity contribution in [1.29, 1.82) is 0 Å². The number of hydrogen-bond donors (Lipinski definition) is 2. The Labute approximate surface area is 135 Å². The van der Waals surface area contributed by atoms with Crippen LogP contribution in [0.1, 0.15) is 24.8 Å². The molecular weight excluding hydrogens is 318 g/mol. The Bertz CT molecular complexity index is 646. The molecule has 2 rings (SSSR count). The monoisotopic (exact) mass is 339 g/mol. The zero-order valence-electron chi connectivity index (χ0n) is 12.8. The molecule has 1 aromatic heterocycles. The van der Waals surface area contributed by atoms with E-state index in [1.54, 1.807) is 12.4 Å². The van der Waals surface area contributed by atoms with Gasteiger partial charge in [-0.2, -0.15) is 0 Å². The fourth-order valence-electron chi connectivity index (χ4n) is 2.45. The first-order valence-electron chi connectivity index (χ1n) is 7.60. The van der Waals surface area contributed by atoms with E-state index in [4.69, 9.17) is 0 Å². The van der Waals surface area contributed by atoms with E-state index in [-0.39, 0.29) is 35.9 Å². The number of nitrogens with one attached hydrogen (secondary N) is 2. The van der Waals surface area contributed by atoms with Crippen LogP contribution in [0.15, 0.2) is 24.5 Å². The molecule has 2 amide bonds. The standard InChI is InChI=1S/C15H21N3O4S/c19-14(5-1-3-12-4-2-7-16-9-12)17-10-15(20)18-13-6-8-23(21,22)11-13/h2,4,7,9,13H,1,3,5-6,8,10-11H2,(H,17,19)(H,18,20). The molecule has 1 aromatic rings. The lowest BCUT2D eigenvalue weighted by Crippen LogP contribution is -2.42. The topological polar surface area (TPSA) is 105 Å². The molecule has 0 aliphatic carbocycles. The molecule has 1 fully saturated rings. The van der Waals surface area contributed by atoms with Gasteiger partial charge in [0, 0.05) is 24.9 Å². The first-order valence-corrected chi connectivity index (χ1v) is 9.42. The van der Waals surface area contributed by atoms with E-state index in [1.807, 2.05) is 12.1 Å². The van der Waals surface area contributed by atoms with Crippen molar-refractivity contribution in [3.05, 3.63) is 30.1 Å². The molecular formula is C15H21N3O4S. The van der Waals surface area contributed by atoms with Crippen molar-refractivity contribution in [2.45, 2.75) is 31.7 Å². The SMILES string of the molecule is O=C(CCCc1cccnc1)NCC(=O)NC1CCS(=O)(=O)C1. The highest BCUT2D eigenvalue weighted by Crippen LogP contribution is 2.10. The summed E-state index contributed by atoms with van der Waals surface area (Å²) in [7, 11) is -3.02. The van der Waals surface area contributed by atoms with Crippen molar-refractivity contribution >= 4 is 21.7 Å². The van der Waals surface area contributed by atoms with Crippen LogP contribution in [0.4, 0.5) is 0 Å². The lowest BCUT2D eigenvalue weighted by atomic mass is 10.1. The number of carbonyl (C=O) groups excluding carboxylic acids is 2. The molecule has 0 spiro atoms. The van der Waals surface area contributed by atoms with Crippen molar-refractivity contribution in [3.8, 4) is 0 Å². The summed E-state index contributed by atoms with van der Waals surface area (Å²) in [6.45, 7) is -0.123. The molecule has 1 atom stereocenters. The molecule has 0 saturated carbocycles. The first kappa shape index (κ1) is 17.4. The second kappa shape index (κ2) is 8.05. The molecule has 1 aliphatic heterocycles. The Kier molecular flexibility index (Phi) is 6.09. The third-order valence-corrected chi connectivity index (χ3v) is 5.40. The summed E-state index contributed by atoms with van der Waals surface area (Å²) in [5, 5.41) is 5.18. The Morgan fingerprint density at radius 1 is 1.30 bits per heavy atom. The molecule has 126 valence electrons. The van der Waals surface area contributed by atoms with Crippen molar-refractivity contribution < 1.29 is 18.0 Å². The molecule has 8 heteroatoms. The van der Waals surface area contributed by atoms with Crippen LogP contribution < -0.4 is 10.6 Å². The molecule has 2 N–H and O–H groups in total. The first-order chi connectivity index (χ1) is 10.9. The number of rotatable bonds is 7. The van der Waals surface area contributed by atoms with Gasteiger partial charge in [0.2, 0.25) is 11.8 Å². The number of carbonyl (C=O) groups is 2. The van der Waals surface area contributed by atoms with Gasteiger partial charge in [-0.05, 0) is 30.9 Å². The quantitative estimate of drug-likeness (QED) is 0.717. The number of aryl methyl sites for hydroxylation is 1. The second-order valence-electron chi connectivity index (χ2n) is 5.66. The van der Waals surface area contributed by atoms with Gasteiger partial charge < -0.3 is 10.6 Å². The average Bonchev–Trinajstić information content (AvgIpc) is 2.85. The summed E-state index contributed by atoms with van der Waals surface area (Å²) >= 11 is 0. The highest BCUT2D eigenvalue weighted by molar-refractivity contribution is 7.91. The van der Waals surface area contributed by atoms with E-state index in [1.165, 1.54) is 0 Å². The predicted octanol–water partition coefficient (Wildman–Crippen LogP) is -0.176. The van der Waals surface area contributed by atoms with Gasteiger partial charge in [0.1, 0.15) is 0 Å². The van der Waals surface area contributed by atoms with Gasteiger partial charge in [0.05, 0.1) is 18.1 Å². The summed E-state index contributed by atoms with van der Waals surface area (Å²) in [5.41, 5.74) is 1.07. The van der Waals surface area contributed by atoms with Gasteiger partial charge in [0.25, 0.3) is 0 Å². The summed E-state index contributed by atoms with van der Waals surface area (Å²) in [4.78, 5) is 27.4. The maximum absolute atomic E-state index is 11.7. The van der Waals surface area contributed by atoms with Gasteiger partial charge in [0.15, 0.2) is 9.84 Å². The van der Waals surface area contributed by atoms with Gasteiger partial charge in [-0.3, -0.25) is 14.6 Å². The van der Waals surface area contributed by atoms with E-state index < -0.39 is 9.84 Å². The minimum absolute atomic E-state index is 0.0161. The molecule has 23 heavy (non-hydrogen) atoms. The smallest absolute Gasteiger partial charge is 0.239 e. The van der Waals surface area contributed by atoms with Crippen molar-refractivity contribution in [1.82, 2.24) is 15.6 Å². The zero-order valence-corrected chi connectivity index (χ0v) is 13.6. The second-order valence-corrected chi connectivity index (χ2v) is 7.89. The Morgan fingerprint density at radius 2 is 2.13 bits per heavy atom. The van der Waals surface area contributed by atoms with E-state index in [0.717, 1.165) is 12.0 Å². The van der Waals surface area contributed by atoms with Crippen molar-refractivity contribution in [2.75, 3.05) is 18.1 Å². The lowest BCUT2D eigenvalue weighted by molar-refractivity contribution is -0.126. The minimum Gasteiger partial charge on any atom is -0.351 e. The van der Waals surface area contributed by atoms with E-state index in [2.05, 4.69) is 15.6 Å². The maximum atomic E-state index is 11.7. The number of pyridine rings is 1. The third-order valence-electron chi connectivity index (χ3n) is 3.64. The fraction of sp³-hybridized carbons (Fsp3) is 0.533. The summed E-state index contributed by atoms with van der Waals surface area (Å²) in [5.74, 6) is -0.452. The highest BCUT2D eigenvalue weighted by atomic mass is 32.2. The Hall–Kier alpha value is -1.96. The van der Waals surface area contributed by atoms with Crippen molar-refractivity contribution in [3.63, 3.8) is 0 Å². The molecule has 1 saturated heterocycles. The molecule has 0 bridgehead atoms. The molecule has 7 nitrogen and oxygen atoms in total. The van der Waals surface area contributed by atoms with Crippen LogP contribution in [0, 0.1) is 0 Å². The van der Waals surface area contributed by atoms with Crippen LogP contribution >= 0.6 is 0 Å². The molecule has 1 aliphatic rings. The predicted molar refractivity (Wildman–Crippen MR) is 85.4 cm³/mol. The van der Waals surface area contributed by atoms with E-state index >= 15 is 0 Å². The number of sulfone groups is 1. The number of aromatic nitrogens is 1. The largest absolute Gasteiger partial charge is 0.351 e. The fourth-order valence-corrected chi connectivity index (χ4v) is 4.13. The summed E-state index contributed by atoms with van der Waals surface area (Å²) < 4.78 is 22.6.